The number of rotatable bonds is 12. The smallest absolute Gasteiger partial charge is 0.406 e. The van der Waals surface area contributed by atoms with Gasteiger partial charge in [-0.3, -0.25) is 19.3 Å². The largest absolute Gasteiger partial charge is 0.573 e. The molecule has 0 fully saturated rings. The van der Waals surface area contributed by atoms with Crippen LogP contribution in [0.2, 0.25) is 0 Å². The number of alkyl halides is 3. The number of amides is 2. The molecule has 0 radical (unpaired) electrons. The molecule has 2 N–H and O–H groups in total. The lowest BCUT2D eigenvalue weighted by molar-refractivity contribution is -0.274. The Morgan fingerprint density at radius 3 is 2.56 bits per heavy atom. The third kappa shape index (κ3) is 9.33. The van der Waals surface area contributed by atoms with E-state index in [1.165, 1.54) is 6.07 Å². The van der Waals surface area contributed by atoms with Crippen molar-refractivity contribution in [3.05, 3.63) is 89.4 Å². The SMILES string of the molecule is O=C(Cc1cc(OC(F)(F)F)ccc1F)Nc1ccc(CCCCn2cc(C(=O)NCc3ccccn3)nn2)nn1. The maximum atomic E-state index is 14.0. The third-order valence-corrected chi connectivity index (χ3v) is 5.59. The van der Waals surface area contributed by atoms with Crippen molar-refractivity contribution >= 4 is 17.6 Å². The maximum Gasteiger partial charge on any atom is 0.573 e. The third-order valence-electron chi connectivity index (χ3n) is 5.59. The normalized spacial score (nSPS) is 11.2. The van der Waals surface area contributed by atoms with Crippen LogP contribution in [0.15, 0.2) is 60.9 Å². The first-order chi connectivity index (χ1) is 19.6. The Balaban J connectivity index is 1.18. The highest BCUT2D eigenvalue weighted by Gasteiger charge is 2.31. The highest BCUT2D eigenvalue weighted by Crippen LogP contribution is 2.25. The molecule has 0 aliphatic carbocycles. The first kappa shape index (κ1) is 29.0. The van der Waals surface area contributed by atoms with Crippen LogP contribution in [0.5, 0.6) is 5.75 Å². The van der Waals surface area contributed by atoms with Crippen LogP contribution < -0.4 is 15.4 Å². The van der Waals surface area contributed by atoms with Crippen molar-refractivity contribution in [2.45, 2.75) is 45.1 Å². The van der Waals surface area contributed by atoms with Crippen LogP contribution in [-0.4, -0.2) is 48.4 Å². The molecule has 4 rings (SSSR count). The Bertz CT molecular complexity index is 1460. The summed E-state index contributed by atoms with van der Waals surface area (Å²) in [6.07, 6.45) is -0.209. The number of hydrogen-bond acceptors (Lipinski definition) is 8. The Morgan fingerprint density at radius 1 is 0.976 bits per heavy atom. The second-order valence-electron chi connectivity index (χ2n) is 8.76. The fourth-order valence-electron chi connectivity index (χ4n) is 3.66. The van der Waals surface area contributed by atoms with Gasteiger partial charge in [0.1, 0.15) is 11.6 Å². The number of benzene rings is 1. The van der Waals surface area contributed by atoms with Crippen LogP contribution >= 0.6 is 0 Å². The summed E-state index contributed by atoms with van der Waals surface area (Å²) in [6, 6.07) is 11.0. The van der Waals surface area contributed by atoms with Gasteiger partial charge < -0.3 is 15.4 Å². The second kappa shape index (κ2) is 13.4. The molecule has 3 aromatic heterocycles. The molecule has 0 bridgehead atoms. The van der Waals surface area contributed by atoms with E-state index < -0.39 is 30.3 Å². The van der Waals surface area contributed by atoms with Gasteiger partial charge in [-0.25, -0.2) is 4.39 Å². The van der Waals surface area contributed by atoms with E-state index in [0.717, 1.165) is 36.7 Å². The summed E-state index contributed by atoms with van der Waals surface area (Å²) in [6.45, 7) is 0.817. The van der Waals surface area contributed by atoms with Gasteiger partial charge in [0.25, 0.3) is 5.91 Å². The van der Waals surface area contributed by atoms with E-state index in [4.69, 9.17) is 0 Å². The molecule has 0 aliphatic heterocycles. The average molecular weight is 573 g/mol. The lowest BCUT2D eigenvalue weighted by Gasteiger charge is -2.11. The fraction of sp³-hybridized carbons (Fsp3) is 0.269. The molecular weight excluding hydrogens is 548 g/mol. The predicted octanol–water partition coefficient (Wildman–Crippen LogP) is 3.63. The molecule has 0 aliphatic rings. The minimum Gasteiger partial charge on any atom is -0.406 e. The molecule has 0 spiro atoms. The van der Waals surface area contributed by atoms with E-state index >= 15 is 0 Å². The number of nitrogens with zero attached hydrogens (tertiary/aromatic N) is 6. The Morgan fingerprint density at radius 2 is 1.83 bits per heavy atom. The molecule has 1 aromatic carbocycles. The molecule has 0 unspecified atom stereocenters. The molecule has 41 heavy (non-hydrogen) atoms. The van der Waals surface area contributed by atoms with Gasteiger partial charge in [0.15, 0.2) is 11.5 Å². The van der Waals surface area contributed by atoms with Gasteiger partial charge in [-0.2, -0.15) is 5.10 Å². The van der Waals surface area contributed by atoms with Crippen LogP contribution in [0.4, 0.5) is 23.4 Å². The lowest BCUT2D eigenvalue weighted by atomic mass is 10.1. The standard InChI is InChI=1S/C26H24F4N8O3/c27-21-9-8-20(41-26(28,29)30)13-17(21)14-24(39)33-23-10-7-18(34-36-23)5-2-4-12-38-16-22(35-37-38)25(40)32-15-19-6-1-3-11-31-19/h1,3,6-11,13,16H,2,4-5,12,14-15H2,(H,32,40)(H,33,36,39). The number of nitrogens with one attached hydrogen (secondary N) is 2. The van der Waals surface area contributed by atoms with Gasteiger partial charge >= 0.3 is 6.36 Å². The quantitative estimate of drug-likeness (QED) is 0.194. The number of hydrogen-bond donors (Lipinski definition) is 2. The summed E-state index contributed by atoms with van der Waals surface area (Å²) in [5.41, 5.74) is 1.33. The van der Waals surface area contributed by atoms with Crippen molar-refractivity contribution < 1.29 is 31.9 Å². The van der Waals surface area contributed by atoms with E-state index in [0.29, 0.717) is 18.7 Å². The van der Waals surface area contributed by atoms with Crippen molar-refractivity contribution in [2.75, 3.05) is 5.32 Å². The maximum absolute atomic E-state index is 14.0. The Kier molecular flexibility index (Phi) is 9.50. The average Bonchev–Trinajstić information content (AvgIpc) is 3.41. The highest BCUT2D eigenvalue weighted by atomic mass is 19.4. The van der Waals surface area contributed by atoms with Gasteiger partial charge in [-0.05, 0) is 61.7 Å². The summed E-state index contributed by atoms with van der Waals surface area (Å²) < 4.78 is 56.5. The van der Waals surface area contributed by atoms with Crippen LogP contribution in [-0.2, 0) is 30.7 Å². The van der Waals surface area contributed by atoms with Gasteiger partial charge in [-0.1, -0.05) is 11.3 Å². The molecule has 4 aromatic rings. The van der Waals surface area contributed by atoms with Gasteiger partial charge in [0.05, 0.1) is 30.6 Å². The number of carbonyl (C=O) groups excluding carboxylic acids is 2. The molecule has 214 valence electrons. The molecule has 0 atom stereocenters. The summed E-state index contributed by atoms with van der Waals surface area (Å²) in [4.78, 5) is 28.6. The topological polar surface area (TPSA) is 137 Å². The summed E-state index contributed by atoms with van der Waals surface area (Å²) in [5, 5.41) is 21.0. The van der Waals surface area contributed by atoms with Crippen molar-refractivity contribution in [1.29, 1.82) is 0 Å². The zero-order chi connectivity index (χ0) is 29.2. The fourth-order valence-corrected chi connectivity index (χ4v) is 3.66. The van der Waals surface area contributed by atoms with Crippen molar-refractivity contribution in [3.8, 4) is 5.75 Å². The van der Waals surface area contributed by atoms with Crippen LogP contribution in [0, 0.1) is 5.82 Å². The summed E-state index contributed by atoms with van der Waals surface area (Å²) in [7, 11) is 0. The molecule has 3 heterocycles. The summed E-state index contributed by atoms with van der Waals surface area (Å²) in [5.74, 6) is -2.40. The van der Waals surface area contributed by atoms with Crippen LogP contribution in [0.3, 0.4) is 0 Å². The lowest BCUT2D eigenvalue weighted by Crippen LogP contribution is -2.23. The van der Waals surface area contributed by atoms with Crippen molar-refractivity contribution in [2.24, 2.45) is 0 Å². The van der Waals surface area contributed by atoms with Gasteiger partial charge in [0, 0.05) is 18.3 Å². The molecular formula is C26H24F4N8O3. The zero-order valence-corrected chi connectivity index (χ0v) is 21.4. The molecule has 2 amide bonds. The zero-order valence-electron chi connectivity index (χ0n) is 21.4. The number of ether oxygens (including phenoxy) is 1. The first-order valence-corrected chi connectivity index (χ1v) is 12.4. The molecule has 0 saturated heterocycles. The number of aryl methyl sites for hydroxylation is 2. The Hall–Kier alpha value is -4.95. The van der Waals surface area contributed by atoms with E-state index in [2.05, 4.69) is 40.9 Å². The molecule has 0 saturated carbocycles. The second-order valence-corrected chi connectivity index (χ2v) is 8.76. The van der Waals surface area contributed by atoms with E-state index in [1.807, 2.05) is 6.07 Å². The monoisotopic (exact) mass is 572 g/mol. The van der Waals surface area contributed by atoms with E-state index in [-0.39, 0.29) is 29.5 Å². The number of aromatic nitrogens is 6. The number of halogens is 4. The predicted molar refractivity (Wildman–Crippen MR) is 136 cm³/mol. The van der Waals surface area contributed by atoms with Crippen LogP contribution in [0.25, 0.3) is 0 Å². The van der Waals surface area contributed by atoms with Gasteiger partial charge in [0.2, 0.25) is 5.91 Å². The minimum absolute atomic E-state index is 0.110. The number of pyridine rings is 1. The van der Waals surface area contributed by atoms with E-state index in [9.17, 15) is 27.2 Å². The van der Waals surface area contributed by atoms with Crippen molar-refractivity contribution in [1.82, 2.24) is 35.5 Å². The first-order valence-electron chi connectivity index (χ1n) is 12.4. The highest BCUT2D eigenvalue weighted by molar-refractivity contribution is 5.92. The number of unbranched alkanes of at least 4 members (excludes halogenated alkanes) is 1. The van der Waals surface area contributed by atoms with Crippen LogP contribution in [0.1, 0.15) is 40.3 Å². The van der Waals surface area contributed by atoms with Crippen molar-refractivity contribution in [3.63, 3.8) is 0 Å². The Labute approximate surface area is 231 Å². The minimum atomic E-state index is -4.94. The molecule has 15 heteroatoms. The molecule has 11 nitrogen and oxygen atoms in total. The van der Waals surface area contributed by atoms with Gasteiger partial charge in [-0.15, -0.1) is 23.4 Å². The number of carbonyl (C=O) groups is 2. The van der Waals surface area contributed by atoms with E-state index in [1.54, 1.807) is 35.3 Å². The summed E-state index contributed by atoms with van der Waals surface area (Å²) >= 11 is 0. The number of anilines is 1.